The molecule has 0 amide bonds. The molecule has 1 atom stereocenters. The van der Waals surface area contributed by atoms with E-state index in [4.69, 9.17) is 4.74 Å². The number of carbonyl (C=O) groups is 1. The quantitative estimate of drug-likeness (QED) is 0.462. The van der Waals surface area contributed by atoms with Crippen molar-refractivity contribution in [2.45, 2.75) is 5.25 Å². The SMILES string of the molecule is C=CC(c1ccc(OC)nc1)S(=O)(=O)n1cc(C=O)cc1-c1ccccc1. The van der Waals surface area contributed by atoms with E-state index in [1.54, 1.807) is 42.5 Å². The maximum atomic E-state index is 13.4. The number of nitrogens with zero attached hydrogens (tertiary/aromatic N) is 2. The molecule has 0 aliphatic heterocycles. The number of hydrogen-bond donors (Lipinski definition) is 0. The number of carbonyl (C=O) groups excluding carboxylic acids is 1. The van der Waals surface area contributed by atoms with Gasteiger partial charge in [-0.15, -0.1) is 6.58 Å². The average molecular weight is 382 g/mol. The molecule has 1 aromatic carbocycles. The van der Waals surface area contributed by atoms with Crippen LogP contribution in [0.15, 0.2) is 73.6 Å². The van der Waals surface area contributed by atoms with Crippen LogP contribution < -0.4 is 4.74 Å². The fourth-order valence-electron chi connectivity index (χ4n) is 2.79. The molecule has 0 aliphatic carbocycles. The van der Waals surface area contributed by atoms with E-state index in [2.05, 4.69) is 11.6 Å². The lowest BCUT2D eigenvalue weighted by atomic mass is 10.1. The minimum atomic E-state index is -3.93. The lowest BCUT2D eigenvalue weighted by Crippen LogP contribution is -2.20. The molecule has 6 nitrogen and oxygen atoms in total. The van der Waals surface area contributed by atoms with Crippen molar-refractivity contribution in [3.8, 4) is 17.1 Å². The van der Waals surface area contributed by atoms with Gasteiger partial charge < -0.3 is 4.74 Å². The first kappa shape index (κ1) is 18.6. The molecule has 0 saturated heterocycles. The van der Waals surface area contributed by atoms with Gasteiger partial charge >= 0.3 is 0 Å². The third-order valence-electron chi connectivity index (χ3n) is 4.12. The first-order valence-corrected chi connectivity index (χ1v) is 9.61. The predicted molar refractivity (Wildman–Crippen MR) is 103 cm³/mol. The van der Waals surface area contributed by atoms with E-state index in [1.165, 1.54) is 25.6 Å². The Bertz CT molecular complexity index is 1060. The maximum absolute atomic E-state index is 13.4. The standard InChI is InChI=1S/C20H18N2O4S/c1-3-19(17-9-10-20(26-2)21-12-17)27(24,25)22-13-15(14-23)11-18(22)16-7-5-4-6-8-16/h3-14,19H,1H2,2H3. The zero-order valence-corrected chi connectivity index (χ0v) is 15.5. The highest BCUT2D eigenvalue weighted by atomic mass is 32.2. The van der Waals surface area contributed by atoms with Gasteiger partial charge in [0, 0.05) is 24.0 Å². The van der Waals surface area contributed by atoms with Crippen molar-refractivity contribution < 1.29 is 17.9 Å². The summed E-state index contributed by atoms with van der Waals surface area (Å²) < 4.78 is 32.9. The normalized spacial score (nSPS) is 12.3. The highest BCUT2D eigenvalue weighted by Crippen LogP contribution is 2.31. The Balaban J connectivity index is 2.14. The third-order valence-corrected chi connectivity index (χ3v) is 6.08. The van der Waals surface area contributed by atoms with Crippen LogP contribution in [0.5, 0.6) is 5.88 Å². The molecule has 0 aliphatic rings. The largest absolute Gasteiger partial charge is 0.481 e. The topological polar surface area (TPSA) is 78.3 Å². The van der Waals surface area contributed by atoms with Crippen molar-refractivity contribution in [1.29, 1.82) is 0 Å². The molecular formula is C20H18N2O4S. The van der Waals surface area contributed by atoms with Gasteiger partial charge in [-0.1, -0.05) is 42.5 Å². The minimum Gasteiger partial charge on any atom is -0.481 e. The van der Waals surface area contributed by atoms with Gasteiger partial charge in [0.2, 0.25) is 15.9 Å². The van der Waals surface area contributed by atoms with Crippen LogP contribution in [-0.4, -0.2) is 30.8 Å². The van der Waals surface area contributed by atoms with Crippen LogP contribution in [0.2, 0.25) is 0 Å². The number of methoxy groups -OCH3 is 1. The number of aromatic nitrogens is 2. The average Bonchev–Trinajstić information content (AvgIpc) is 3.15. The molecule has 0 N–H and O–H groups in total. The smallest absolute Gasteiger partial charge is 0.249 e. The lowest BCUT2D eigenvalue weighted by Gasteiger charge is -2.17. The first-order valence-electron chi connectivity index (χ1n) is 8.11. The molecule has 138 valence electrons. The molecule has 0 fully saturated rings. The number of aldehydes is 1. The van der Waals surface area contributed by atoms with Gasteiger partial charge in [0.05, 0.1) is 12.8 Å². The van der Waals surface area contributed by atoms with E-state index in [0.29, 0.717) is 29.0 Å². The molecule has 3 aromatic rings. The van der Waals surface area contributed by atoms with Gasteiger partial charge in [-0.25, -0.2) is 17.4 Å². The monoisotopic (exact) mass is 382 g/mol. The second-order valence-electron chi connectivity index (χ2n) is 5.77. The molecule has 0 spiro atoms. The van der Waals surface area contributed by atoms with Crippen molar-refractivity contribution in [1.82, 2.24) is 8.96 Å². The van der Waals surface area contributed by atoms with Crippen LogP contribution in [-0.2, 0) is 10.0 Å². The minimum absolute atomic E-state index is 0.271. The zero-order chi connectivity index (χ0) is 19.4. The molecule has 0 radical (unpaired) electrons. The van der Waals surface area contributed by atoms with Crippen molar-refractivity contribution in [2.24, 2.45) is 0 Å². The van der Waals surface area contributed by atoms with E-state index in [1.807, 2.05) is 6.07 Å². The Hall–Kier alpha value is -3.19. The van der Waals surface area contributed by atoms with Crippen LogP contribution in [0.1, 0.15) is 21.2 Å². The summed E-state index contributed by atoms with van der Waals surface area (Å²) in [6.45, 7) is 3.68. The summed E-state index contributed by atoms with van der Waals surface area (Å²) in [6, 6.07) is 13.8. The van der Waals surface area contributed by atoms with Gasteiger partial charge in [-0.05, 0) is 17.2 Å². The van der Waals surface area contributed by atoms with Crippen molar-refractivity contribution in [3.63, 3.8) is 0 Å². The number of benzene rings is 1. The van der Waals surface area contributed by atoms with Gasteiger partial charge in [0.1, 0.15) is 5.25 Å². The number of ether oxygens (including phenoxy) is 1. The third kappa shape index (κ3) is 3.54. The summed E-state index contributed by atoms with van der Waals surface area (Å²) in [4.78, 5) is 15.3. The van der Waals surface area contributed by atoms with Crippen molar-refractivity contribution >= 4 is 16.3 Å². The molecule has 2 aromatic heterocycles. The lowest BCUT2D eigenvalue weighted by molar-refractivity contribution is 0.112. The van der Waals surface area contributed by atoms with Gasteiger partial charge in [0.25, 0.3) is 0 Å². The number of hydrogen-bond acceptors (Lipinski definition) is 5. The van der Waals surface area contributed by atoms with E-state index in [9.17, 15) is 13.2 Å². The highest BCUT2D eigenvalue weighted by Gasteiger charge is 2.29. The van der Waals surface area contributed by atoms with E-state index >= 15 is 0 Å². The van der Waals surface area contributed by atoms with Crippen LogP contribution in [0, 0.1) is 0 Å². The fourth-order valence-corrected chi connectivity index (χ4v) is 4.46. The summed E-state index contributed by atoms with van der Waals surface area (Å²) in [6.07, 6.45) is 4.72. The molecule has 27 heavy (non-hydrogen) atoms. The maximum Gasteiger partial charge on any atom is 0.249 e. The Kier molecular flexibility index (Phi) is 5.23. The molecule has 3 rings (SSSR count). The molecule has 1 unspecified atom stereocenters. The number of pyridine rings is 1. The van der Waals surface area contributed by atoms with E-state index < -0.39 is 15.3 Å². The second-order valence-corrected chi connectivity index (χ2v) is 7.70. The highest BCUT2D eigenvalue weighted by molar-refractivity contribution is 7.90. The Morgan fingerprint density at radius 3 is 2.48 bits per heavy atom. The fraction of sp³-hybridized carbons (Fsp3) is 0.100. The Morgan fingerprint density at radius 1 is 1.19 bits per heavy atom. The van der Waals surface area contributed by atoms with E-state index in [0.717, 1.165) is 3.97 Å². The summed E-state index contributed by atoms with van der Waals surface area (Å²) in [5, 5.41) is -1.04. The van der Waals surface area contributed by atoms with Crippen molar-refractivity contribution in [2.75, 3.05) is 7.11 Å². The van der Waals surface area contributed by atoms with Gasteiger partial charge in [0.15, 0.2) is 6.29 Å². The second kappa shape index (κ2) is 7.59. The van der Waals surface area contributed by atoms with Crippen LogP contribution in [0.3, 0.4) is 0 Å². The van der Waals surface area contributed by atoms with Gasteiger partial charge in [-0.2, -0.15) is 0 Å². The molecule has 7 heteroatoms. The van der Waals surface area contributed by atoms with Gasteiger partial charge in [-0.3, -0.25) is 4.79 Å². The Morgan fingerprint density at radius 2 is 1.93 bits per heavy atom. The van der Waals surface area contributed by atoms with Crippen LogP contribution in [0.4, 0.5) is 0 Å². The summed E-state index contributed by atoms with van der Waals surface area (Å²) in [7, 11) is -2.45. The molecule has 2 heterocycles. The summed E-state index contributed by atoms with van der Waals surface area (Å²) >= 11 is 0. The van der Waals surface area contributed by atoms with Crippen LogP contribution >= 0.6 is 0 Å². The summed E-state index contributed by atoms with van der Waals surface area (Å²) in [5.41, 5.74) is 1.81. The molecule has 0 bridgehead atoms. The Labute approximate surface area is 157 Å². The molecular weight excluding hydrogens is 364 g/mol. The zero-order valence-electron chi connectivity index (χ0n) is 14.6. The van der Waals surface area contributed by atoms with E-state index in [-0.39, 0.29) is 5.56 Å². The molecule has 0 saturated carbocycles. The summed E-state index contributed by atoms with van der Waals surface area (Å²) in [5.74, 6) is 0.383. The van der Waals surface area contributed by atoms with Crippen molar-refractivity contribution in [3.05, 3.63) is 84.7 Å². The van der Waals surface area contributed by atoms with Crippen LogP contribution in [0.25, 0.3) is 11.3 Å². The number of rotatable bonds is 7. The predicted octanol–water partition coefficient (Wildman–Crippen LogP) is 3.48. The first-order chi connectivity index (χ1) is 13.0.